The number of nitrogens with zero attached hydrogens (tertiary/aromatic N) is 2. The third kappa shape index (κ3) is 13.2. The number of rotatable bonds is 6. The van der Waals surface area contributed by atoms with E-state index in [0.717, 1.165) is 22.8 Å². The minimum absolute atomic E-state index is 0.0766. The van der Waals surface area contributed by atoms with Crippen LogP contribution in [0.25, 0.3) is 0 Å². The number of fused-ring (bicyclic) bond motifs is 1. The van der Waals surface area contributed by atoms with Crippen molar-refractivity contribution < 1.29 is 60.1 Å². The maximum absolute atomic E-state index is 13.7. The number of carbonyl (C=O) groups excluding carboxylic acids is 2. The lowest BCUT2D eigenvalue weighted by Crippen LogP contribution is -2.40. The van der Waals surface area contributed by atoms with E-state index in [0.29, 0.717) is 13.0 Å². The second-order valence-electron chi connectivity index (χ2n) is 9.64. The van der Waals surface area contributed by atoms with Gasteiger partial charge >= 0.3 is 36.1 Å². The second-order valence-corrected chi connectivity index (χ2v) is 10.1. The Kier molecular flexibility index (Phi) is 14.4. The molecule has 0 bridgehead atoms. The molecule has 11 N–H and O–H groups in total. The fourth-order valence-electron chi connectivity index (χ4n) is 3.79. The van der Waals surface area contributed by atoms with Gasteiger partial charge in [0.25, 0.3) is 0 Å². The fraction of sp³-hybridized carbons (Fsp3) is 0.308. The summed E-state index contributed by atoms with van der Waals surface area (Å²) in [5, 5.41) is 26.8. The average molecular weight is 717 g/mol. The standard InChI is InChI=1S/C22H26ClFN8O2.2C2HF3O2/c1-32(22(27)28)10-11-2-3-12-7-13(9-29-21(25)26)18(15(12)6-11)31-20(34)19(33)30-14-4-5-16(23)17(24)8-14;2*3-2(4,5)1(6)7/h2-6,8,13,18H,7,9-10H2,1H3,(H3,27,28)(H,30,33)(H,31,34)(H4,25,26,29);2*(H,6,7)/t13-,18-;;/m1../s1. The summed E-state index contributed by atoms with van der Waals surface area (Å²) < 4.78 is 77.1. The third-order valence-electron chi connectivity index (χ3n) is 5.99. The van der Waals surface area contributed by atoms with Gasteiger partial charge in [-0.3, -0.25) is 20.0 Å². The van der Waals surface area contributed by atoms with Gasteiger partial charge < -0.3 is 42.9 Å². The molecule has 2 aromatic carbocycles. The fourth-order valence-corrected chi connectivity index (χ4v) is 3.91. The van der Waals surface area contributed by atoms with Crippen molar-refractivity contribution in [2.75, 3.05) is 18.9 Å². The summed E-state index contributed by atoms with van der Waals surface area (Å²) in [6.07, 6.45) is -9.58. The predicted octanol–water partition coefficient (Wildman–Crippen LogP) is 2.31. The van der Waals surface area contributed by atoms with Crippen LogP contribution in [0.4, 0.5) is 36.4 Å². The van der Waals surface area contributed by atoms with Crippen molar-refractivity contribution in [3.63, 3.8) is 0 Å². The highest BCUT2D eigenvalue weighted by molar-refractivity contribution is 6.39. The molecule has 2 aromatic rings. The normalized spacial score (nSPS) is 14.9. The van der Waals surface area contributed by atoms with Crippen LogP contribution in [0.15, 0.2) is 41.4 Å². The molecule has 1 aliphatic rings. The van der Waals surface area contributed by atoms with Crippen molar-refractivity contribution in [1.82, 2.24) is 10.2 Å². The highest BCUT2D eigenvalue weighted by Crippen LogP contribution is 2.37. The Balaban J connectivity index is 0.000000687. The molecule has 2 atom stereocenters. The summed E-state index contributed by atoms with van der Waals surface area (Å²) in [5.74, 6) is -8.43. The Morgan fingerprint density at radius 3 is 1.98 bits per heavy atom. The van der Waals surface area contributed by atoms with E-state index in [4.69, 9.17) is 54.0 Å². The molecule has 2 amide bonds. The molecule has 264 valence electrons. The summed E-state index contributed by atoms with van der Waals surface area (Å²) in [7, 11) is 1.69. The zero-order chi connectivity index (χ0) is 37.1. The van der Waals surface area contributed by atoms with Crippen LogP contribution >= 0.6 is 11.6 Å². The van der Waals surface area contributed by atoms with Crippen LogP contribution < -0.4 is 27.8 Å². The van der Waals surface area contributed by atoms with Crippen molar-refractivity contribution >= 4 is 53.0 Å². The average Bonchev–Trinajstić information content (AvgIpc) is 3.29. The number of aliphatic carboxylic acids is 2. The smallest absolute Gasteiger partial charge is 0.475 e. The van der Waals surface area contributed by atoms with Crippen molar-refractivity contribution in [3.05, 3.63) is 63.9 Å². The number of amides is 2. The first-order valence-corrected chi connectivity index (χ1v) is 13.2. The van der Waals surface area contributed by atoms with E-state index in [9.17, 15) is 40.3 Å². The number of hydrogen-bond donors (Lipinski definition) is 8. The minimum atomic E-state index is -5.08. The number of carboxylic acids is 2. The Labute approximate surface area is 271 Å². The summed E-state index contributed by atoms with van der Waals surface area (Å²) in [5.41, 5.74) is 19.3. The van der Waals surface area contributed by atoms with Crippen LogP contribution in [0.2, 0.25) is 5.02 Å². The van der Waals surface area contributed by atoms with E-state index >= 15 is 0 Å². The largest absolute Gasteiger partial charge is 0.490 e. The molecule has 0 radical (unpaired) electrons. The molecule has 0 fully saturated rings. The molecule has 1 aliphatic carbocycles. The van der Waals surface area contributed by atoms with E-state index in [2.05, 4.69) is 15.6 Å². The van der Waals surface area contributed by atoms with Gasteiger partial charge in [0.15, 0.2) is 11.9 Å². The first-order valence-electron chi connectivity index (χ1n) is 12.8. The van der Waals surface area contributed by atoms with Crippen molar-refractivity contribution in [2.45, 2.75) is 31.4 Å². The van der Waals surface area contributed by atoms with Crippen LogP contribution in [0.1, 0.15) is 22.7 Å². The number of aliphatic imine (C=N–C) groups is 1. The minimum Gasteiger partial charge on any atom is -0.475 e. The Hall–Kier alpha value is -5.34. The van der Waals surface area contributed by atoms with Crippen LogP contribution in [-0.2, 0) is 32.1 Å². The molecule has 0 aliphatic heterocycles. The van der Waals surface area contributed by atoms with Gasteiger partial charge in [-0.15, -0.1) is 0 Å². The maximum Gasteiger partial charge on any atom is 0.490 e. The number of anilines is 1. The molecule has 0 spiro atoms. The number of guanidine groups is 2. The molecule has 48 heavy (non-hydrogen) atoms. The van der Waals surface area contributed by atoms with Gasteiger partial charge in [-0.05, 0) is 41.3 Å². The number of halogens is 8. The molecule has 3 rings (SSSR count). The number of benzene rings is 2. The SMILES string of the molecule is CN(Cc1ccc2c(c1)[C@H](NC(=O)C(=O)Nc1ccc(Cl)c(F)c1)[C@@H](CN=C(N)N)C2)C(=N)N.O=C(O)C(F)(F)F.O=C(O)C(F)(F)F. The first-order chi connectivity index (χ1) is 21.9. The van der Waals surface area contributed by atoms with Crippen LogP contribution in [-0.4, -0.2) is 76.7 Å². The number of nitrogens with one attached hydrogen (secondary N) is 3. The first kappa shape index (κ1) is 40.7. The van der Waals surface area contributed by atoms with E-state index in [1.165, 1.54) is 12.1 Å². The lowest BCUT2D eigenvalue weighted by molar-refractivity contribution is -0.193. The second kappa shape index (κ2) is 17.0. The monoisotopic (exact) mass is 716 g/mol. The van der Waals surface area contributed by atoms with Crippen molar-refractivity contribution in [3.8, 4) is 0 Å². The third-order valence-corrected chi connectivity index (χ3v) is 6.30. The maximum atomic E-state index is 13.7. The summed E-state index contributed by atoms with van der Waals surface area (Å²) >= 11 is 5.65. The molecule has 0 saturated heterocycles. The lowest BCUT2D eigenvalue weighted by Gasteiger charge is -2.22. The summed E-state index contributed by atoms with van der Waals surface area (Å²) in [4.78, 5) is 48.6. The highest BCUT2D eigenvalue weighted by atomic mass is 35.5. The van der Waals surface area contributed by atoms with Crippen molar-refractivity contribution in [1.29, 1.82) is 5.41 Å². The molecule has 0 heterocycles. The van der Waals surface area contributed by atoms with E-state index in [-0.39, 0.29) is 35.1 Å². The van der Waals surface area contributed by atoms with Gasteiger partial charge in [0.2, 0.25) is 0 Å². The number of carbonyl (C=O) groups is 4. The molecular formula is C26H28ClF7N8O6. The van der Waals surface area contributed by atoms with E-state index in [1.807, 2.05) is 18.2 Å². The lowest BCUT2D eigenvalue weighted by atomic mass is 9.99. The van der Waals surface area contributed by atoms with Gasteiger partial charge in [-0.1, -0.05) is 29.8 Å². The molecule has 0 saturated carbocycles. The Morgan fingerprint density at radius 2 is 1.52 bits per heavy atom. The van der Waals surface area contributed by atoms with Gasteiger partial charge in [0.1, 0.15) is 5.82 Å². The van der Waals surface area contributed by atoms with Gasteiger partial charge in [-0.2, -0.15) is 26.3 Å². The zero-order valence-corrected chi connectivity index (χ0v) is 25.2. The molecule has 0 unspecified atom stereocenters. The van der Waals surface area contributed by atoms with E-state index in [1.54, 1.807) is 11.9 Å². The molecule has 22 heteroatoms. The number of carboxylic acid groups (broad SMARTS) is 2. The van der Waals surface area contributed by atoms with Crippen LogP contribution in [0.5, 0.6) is 0 Å². The Morgan fingerprint density at radius 1 is 0.979 bits per heavy atom. The number of hydrogen-bond acceptors (Lipinski definition) is 6. The highest BCUT2D eigenvalue weighted by Gasteiger charge is 2.39. The molecular weight excluding hydrogens is 689 g/mol. The van der Waals surface area contributed by atoms with Crippen molar-refractivity contribution in [2.24, 2.45) is 28.1 Å². The zero-order valence-electron chi connectivity index (χ0n) is 24.4. The summed E-state index contributed by atoms with van der Waals surface area (Å²) in [6, 6.07) is 8.91. The van der Waals surface area contributed by atoms with E-state index < -0.39 is 48.0 Å². The topological polar surface area (TPSA) is 250 Å². The van der Waals surface area contributed by atoms with Crippen LogP contribution in [0.3, 0.4) is 0 Å². The Bertz CT molecular complexity index is 1530. The molecule has 14 nitrogen and oxygen atoms in total. The number of nitrogens with two attached hydrogens (primary N) is 3. The predicted molar refractivity (Wildman–Crippen MR) is 156 cm³/mol. The van der Waals surface area contributed by atoms with Gasteiger partial charge in [-0.25, -0.2) is 14.0 Å². The summed E-state index contributed by atoms with van der Waals surface area (Å²) in [6.45, 7) is 0.638. The quantitative estimate of drug-likeness (QED) is 0.0937. The van der Waals surface area contributed by atoms with Gasteiger partial charge in [0.05, 0.1) is 11.1 Å². The number of alkyl halides is 6. The molecule has 0 aromatic heterocycles. The van der Waals surface area contributed by atoms with Gasteiger partial charge in [0, 0.05) is 31.7 Å². The van der Waals surface area contributed by atoms with Crippen LogP contribution in [0, 0.1) is 17.1 Å².